The Morgan fingerprint density at radius 1 is 1.50 bits per heavy atom. The second-order valence-corrected chi connectivity index (χ2v) is 4.02. The van der Waals surface area contributed by atoms with Crippen molar-refractivity contribution in [2.45, 2.75) is 6.85 Å². The molecule has 0 aliphatic heterocycles. The van der Waals surface area contributed by atoms with Gasteiger partial charge in [-0.3, -0.25) is 15.1 Å². The van der Waals surface area contributed by atoms with Gasteiger partial charge in [-0.05, 0) is 12.9 Å². The van der Waals surface area contributed by atoms with Gasteiger partial charge in [0.1, 0.15) is 10.8 Å². The average molecular weight is 292 g/mol. The number of nitro groups is 1. The van der Waals surface area contributed by atoms with Crippen molar-refractivity contribution in [3.05, 3.63) is 48.6 Å². The van der Waals surface area contributed by atoms with Crippen molar-refractivity contribution in [3.8, 4) is 5.69 Å². The lowest BCUT2D eigenvalue weighted by atomic mass is 10.3. The van der Waals surface area contributed by atoms with Crippen LogP contribution in [0.15, 0.2) is 16.9 Å². The number of benzene rings is 1. The molecule has 0 radical (unpaired) electrons. The molecule has 18 heavy (non-hydrogen) atoms. The van der Waals surface area contributed by atoms with Gasteiger partial charge >= 0.3 is 5.69 Å². The number of H-pyrrole nitrogens is 1. The highest BCUT2D eigenvalue weighted by Crippen LogP contribution is 2.31. The van der Waals surface area contributed by atoms with Crippen LogP contribution in [0.2, 0.25) is 10.0 Å². The molecule has 0 spiro atoms. The predicted octanol–water partition coefficient (Wildman–Crippen LogP) is 2.08. The van der Waals surface area contributed by atoms with Gasteiger partial charge in [-0.15, -0.1) is 0 Å². The van der Waals surface area contributed by atoms with Gasteiger partial charge < -0.3 is 0 Å². The minimum absolute atomic E-state index is 0.0868. The maximum Gasteiger partial charge on any atom is 0.348 e. The lowest BCUT2D eigenvalue weighted by molar-refractivity contribution is -0.384. The Morgan fingerprint density at radius 3 is 2.78 bits per heavy atom. The summed E-state index contributed by atoms with van der Waals surface area (Å²) >= 11 is 11.5. The number of aromatic amines is 1. The molecule has 1 heterocycles. The number of nitrogens with zero attached hydrogens (tertiary/aromatic N) is 3. The van der Waals surface area contributed by atoms with Gasteiger partial charge in [-0.25, -0.2) is 4.79 Å². The Bertz CT molecular complexity index is 784. The third kappa shape index (κ3) is 2.09. The van der Waals surface area contributed by atoms with E-state index in [1.165, 1.54) is 0 Å². The number of hydrogen-bond acceptors (Lipinski definition) is 4. The minimum atomic E-state index is -2.63. The fraction of sp³-hybridized carbons (Fsp3) is 0.111. The first kappa shape index (κ1) is 9.12. The van der Waals surface area contributed by atoms with Crippen LogP contribution >= 0.6 is 23.2 Å². The summed E-state index contributed by atoms with van der Waals surface area (Å²) < 4.78 is 22.1. The predicted molar refractivity (Wildman–Crippen MR) is 65.6 cm³/mol. The Balaban J connectivity index is 2.68. The van der Waals surface area contributed by atoms with E-state index < -0.39 is 29.0 Å². The van der Waals surface area contributed by atoms with Crippen molar-refractivity contribution in [3.63, 3.8) is 0 Å². The molecule has 1 aromatic carbocycles. The van der Waals surface area contributed by atoms with E-state index in [4.69, 9.17) is 27.3 Å². The second kappa shape index (κ2) is 4.43. The van der Waals surface area contributed by atoms with Gasteiger partial charge in [0.2, 0.25) is 0 Å². The molecular formula is C9H6Cl2N4O3. The average Bonchev–Trinajstić information content (AvgIpc) is 2.70. The van der Waals surface area contributed by atoms with Crippen molar-refractivity contribution in [2.75, 3.05) is 0 Å². The molecule has 2 rings (SSSR count). The molecule has 0 fully saturated rings. The lowest BCUT2D eigenvalue weighted by Crippen LogP contribution is -2.16. The van der Waals surface area contributed by atoms with Crippen LogP contribution in [0.25, 0.3) is 5.69 Å². The van der Waals surface area contributed by atoms with Crippen molar-refractivity contribution in [2.24, 2.45) is 0 Å². The van der Waals surface area contributed by atoms with E-state index in [2.05, 4.69) is 5.10 Å². The van der Waals surface area contributed by atoms with Gasteiger partial charge in [0.15, 0.2) is 0 Å². The van der Waals surface area contributed by atoms with Crippen LogP contribution in [0.3, 0.4) is 0 Å². The zero-order chi connectivity index (χ0) is 15.9. The fourth-order valence-corrected chi connectivity index (χ4v) is 1.85. The maximum atomic E-state index is 11.7. The van der Waals surface area contributed by atoms with Crippen molar-refractivity contribution >= 4 is 28.9 Å². The number of aromatic nitrogens is 3. The first-order valence-corrected chi connectivity index (χ1v) is 5.20. The number of nitrogens with one attached hydrogen (secondary N) is 1. The van der Waals surface area contributed by atoms with E-state index in [9.17, 15) is 14.9 Å². The fourth-order valence-electron chi connectivity index (χ4n) is 1.32. The van der Waals surface area contributed by atoms with Gasteiger partial charge in [0, 0.05) is 10.2 Å². The maximum absolute atomic E-state index is 11.7. The van der Waals surface area contributed by atoms with Crippen LogP contribution in [0.1, 0.15) is 9.94 Å². The van der Waals surface area contributed by atoms with Crippen molar-refractivity contribution in [1.29, 1.82) is 0 Å². The molecule has 94 valence electrons. The van der Waals surface area contributed by atoms with Crippen LogP contribution in [-0.4, -0.2) is 19.7 Å². The zero-order valence-electron chi connectivity index (χ0n) is 11.5. The first-order valence-electron chi connectivity index (χ1n) is 5.95. The molecule has 0 aliphatic carbocycles. The van der Waals surface area contributed by atoms with Gasteiger partial charge in [0.05, 0.1) is 15.6 Å². The number of halogens is 2. The highest BCUT2D eigenvalue weighted by molar-refractivity contribution is 6.37. The molecule has 0 amide bonds. The van der Waals surface area contributed by atoms with E-state index in [0.29, 0.717) is 4.68 Å². The van der Waals surface area contributed by atoms with Gasteiger partial charge in [0.25, 0.3) is 5.69 Å². The highest BCUT2D eigenvalue weighted by atomic mass is 35.5. The molecule has 2 aromatic rings. The van der Waals surface area contributed by atoms with Gasteiger partial charge in [-0.1, -0.05) is 23.2 Å². The summed E-state index contributed by atoms with van der Waals surface area (Å²) in [6.45, 7) is -2.63. The lowest BCUT2D eigenvalue weighted by Gasteiger charge is -2.03. The standard InChI is InChI=1S/C9H6Cl2N4O3/c1-4-12-9(16)14(13-4)7-3-8(15(17)18)6(11)2-5(7)10/h2-3H,1H3,(H,12,13,16)/i1D3. The molecule has 0 saturated heterocycles. The Labute approximate surface area is 114 Å². The molecule has 1 aromatic heterocycles. The van der Waals surface area contributed by atoms with Crippen LogP contribution < -0.4 is 5.69 Å². The topological polar surface area (TPSA) is 93.8 Å². The summed E-state index contributed by atoms with van der Waals surface area (Å²) in [4.78, 5) is 23.9. The van der Waals surface area contributed by atoms with Crippen LogP contribution in [0.5, 0.6) is 0 Å². The summed E-state index contributed by atoms with van der Waals surface area (Å²) in [5.41, 5.74) is -1.52. The Morgan fingerprint density at radius 2 is 2.22 bits per heavy atom. The summed E-state index contributed by atoms with van der Waals surface area (Å²) in [6.07, 6.45) is 0. The van der Waals surface area contributed by atoms with Crippen molar-refractivity contribution < 1.29 is 9.04 Å². The minimum Gasteiger partial charge on any atom is -0.293 e. The molecule has 9 heteroatoms. The van der Waals surface area contributed by atoms with E-state index in [1.54, 1.807) is 0 Å². The summed E-state index contributed by atoms with van der Waals surface area (Å²) in [7, 11) is 0. The molecule has 0 aliphatic rings. The Kier molecular flexibility index (Phi) is 2.24. The number of aryl methyl sites for hydroxylation is 1. The van der Waals surface area contributed by atoms with Crippen LogP contribution in [0, 0.1) is 17.0 Å². The molecule has 0 unspecified atom stereocenters. The summed E-state index contributed by atoms with van der Waals surface area (Å²) in [5.74, 6) is -0.554. The van der Waals surface area contributed by atoms with E-state index in [0.717, 1.165) is 12.1 Å². The summed E-state index contributed by atoms with van der Waals surface area (Å²) in [6, 6.07) is 2.02. The van der Waals surface area contributed by atoms with E-state index in [-0.39, 0.29) is 15.7 Å². The highest BCUT2D eigenvalue weighted by Gasteiger charge is 2.19. The normalized spacial score (nSPS) is 13.8. The number of nitro benzene ring substituents is 1. The number of hydrogen-bond donors (Lipinski definition) is 1. The third-order valence-corrected chi connectivity index (χ3v) is 2.66. The monoisotopic (exact) mass is 291 g/mol. The van der Waals surface area contributed by atoms with E-state index >= 15 is 0 Å². The van der Waals surface area contributed by atoms with Crippen LogP contribution in [-0.2, 0) is 0 Å². The molecular weight excluding hydrogens is 283 g/mol. The van der Waals surface area contributed by atoms with Crippen LogP contribution in [0.4, 0.5) is 5.69 Å². The largest absolute Gasteiger partial charge is 0.348 e. The smallest absolute Gasteiger partial charge is 0.293 e. The molecule has 1 N–H and O–H groups in total. The molecule has 7 nitrogen and oxygen atoms in total. The van der Waals surface area contributed by atoms with Gasteiger partial charge in [-0.2, -0.15) is 9.78 Å². The number of rotatable bonds is 2. The second-order valence-electron chi connectivity index (χ2n) is 3.20. The quantitative estimate of drug-likeness (QED) is 0.677. The Hall–Kier alpha value is -1.86. The van der Waals surface area contributed by atoms with E-state index in [1.807, 2.05) is 4.98 Å². The zero-order valence-corrected chi connectivity index (χ0v) is 9.99. The summed E-state index contributed by atoms with van der Waals surface area (Å²) in [5, 5.41) is 14.1. The molecule has 0 bridgehead atoms. The third-order valence-electron chi connectivity index (χ3n) is 2.06. The SMILES string of the molecule is [2H]C([2H])([2H])c1nn(-c2cc([N+](=O)[O-])c(Cl)cc2Cl)c(=O)[nH]1. The molecule has 0 saturated carbocycles. The first-order chi connectivity index (χ1) is 9.61. The van der Waals surface area contributed by atoms with Crippen molar-refractivity contribution in [1.82, 2.24) is 14.8 Å². The molecule has 0 atom stereocenters.